The Bertz CT molecular complexity index is 797. The molecule has 4 rings (SSSR count). The van der Waals surface area contributed by atoms with Gasteiger partial charge < -0.3 is 4.74 Å². The van der Waals surface area contributed by atoms with Crippen LogP contribution in [-0.4, -0.2) is 21.8 Å². The topological polar surface area (TPSA) is 47.9 Å². The van der Waals surface area contributed by atoms with Crippen LogP contribution >= 0.6 is 0 Å². The van der Waals surface area contributed by atoms with Gasteiger partial charge in [-0.25, -0.2) is 0 Å². The average Bonchev–Trinajstić information content (AvgIpc) is 3.79. The zero-order valence-electron chi connectivity index (χ0n) is 21.2. The Labute approximate surface area is 207 Å². The molecule has 2 saturated carbocycles. The first-order valence-electron chi connectivity index (χ1n) is 14.3. The Morgan fingerprint density at radius 2 is 1.24 bits per heavy atom. The van der Waals surface area contributed by atoms with Gasteiger partial charge in [0, 0.05) is 12.3 Å². The summed E-state index contributed by atoms with van der Waals surface area (Å²) < 4.78 is 5.77. The second-order valence-corrected chi connectivity index (χ2v) is 10.8. The lowest BCUT2D eigenvalue weighted by Gasteiger charge is -2.06. The Morgan fingerprint density at radius 1 is 0.618 bits per heavy atom. The maximum atomic E-state index is 5.77. The number of rotatable bonds is 19. The molecule has 0 aromatic carbocycles. The first-order valence-corrected chi connectivity index (χ1v) is 14.3. The highest BCUT2D eigenvalue weighted by Gasteiger charge is 2.20. The van der Waals surface area contributed by atoms with E-state index in [2.05, 4.69) is 27.3 Å². The van der Waals surface area contributed by atoms with Crippen LogP contribution in [0.3, 0.4) is 0 Å². The molecule has 2 fully saturated rings. The molecule has 0 spiro atoms. The van der Waals surface area contributed by atoms with Crippen LogP contribution < -0.4 is 4.74 Å². The van der Waals surface area contributed by atoms with Gasteiger partial charge in [-0.05, 0) is 48.8 Å². The summed E-state index contributed by atoms with van der Waals surface area (Å²) in [5.41, 5.74) is 3.00. The quantitative estimate of drug-likeness (QED) is 0.196. The zero-order chi connectivity index (χ0) is 23.3. The van der Waals surface area contributed by atoms with Gasteiger partial charge in [-0.2, -0.15) is 0 Å². The van der Waals surface area contributed by atoms with E-state index >= 15 is 0 Å². The van der Waals surface area contributed by atoms with Crippen LogP contribution in [0.1, 0.15) is 115 Å². The Kier molecular flexibility index (Phi) is 10.7. The molecule has 0 aliphatic heterocycles. The molecule has 2 heterocycles. The molecule has 186 valence electrons. The first kappa shape index (κ1) is 25.1. The third kappa shape index (κ3) is 10.1. The van der Waals surface area contributed by atoms with Crippen molar-refractivity contribution in [2.45, 2.75) is 116 Å². The van der Waals surface area contributed by atoms with Gasteiger partial charge in [-0.15, -0.1) is 10.2 Å². The molecule has 4 heteroatoms. The second kappa shape index (κ2) is 14.4. The monoisotopic (exact) mass is 463 g/mol. The van der Waals surface area contributed by atoms with Crippen molar-refractivity contribution in [3.63, 3.8) is 0 Å². The van der Waals surface area contributed by atoms with Gasteiger partial charge in [0.15, 0.2) is 0 Å². The highest BCUT2D eigenvalue weighted by Crippen LogP contribution is 2.34. The number of hydrogen-bond donors (Lipinski definition) is 0. The molecule has 0 unspecified atom stereocenters. The third-order valence-electron chi connectivity index (χ3n) is 7.46. The summed E-state index contributed by atoms with van der Waals surface area (Å²) in [6, 6.07) is 8.14. The van der Waals surface area contributed by atoms with Gasteiger partial charge >= 0.3 is 0 Å². The van der Waals surface area contributed by atoms with E-state index in [-0.39, 0.29) is 0 Å². The van der Waals surface area contributed by atoms with Gasteiger partial charge in [0.2, 0.25) is 5.88 Å². The fourth-order valence-electron chi connectivity index (χ4n) is 4.78. The van der Waals surface area contributed by atoms with Crippen LogP contribution in [0, 0.1) is 11.8 Å². The largest absolute Gasteiger partial charge is 0.477 e. The molecule has 0 radical (unpaired) electrons. The Morgan fingerprint density at radius 3 is 1.82 bits per heavy atom. The van der Waals surface area contributed by atoms with E-state index in [1.807, 2.05) is 18.3 Å². The van der Waals surface area contributed by atoms with Crippen molar-refractivity contribution in [3.8, 4) is 17.3 Å². The van der Waals surface area contributed by atoms with E-state index in [0.29, 0.717) is 5.88 Å². The zero-order valence-corrected chi connectivity index (χ0v) is 21.2. The predicted octanol–water partition coefficient (Wildman–Crippen LogP) is 8.35. The normalized spacial score (nSPS) is 15.5. The van der Waals surface area contributed by atoms with E-state index < -0.39 is 0 Å². The highest BCUT2D eigenvalue weighted by molar-refractivity contribution is 5.53. The van der Waals surface area contributed by atoms with Crippen molar-refractivity contribution in [2.75, 3.05) is 6.61 Å². The van der Waals surface area contributed by atoms with Crippen molar-refractivity contribution in [3.05, 3.63) is 36.0 Å². The maximum Gasteiger partial charge on any atom is 0.233 e. The van der Waals surface area contributed by atoms with E-state index in [9.17, 15) is 0 Å². The smallest absolute Gasteiger partial charge is 0.233 e. The minimum absolute atomic E-state index is 0.612. The highest BCUT2D eigenvalue weighted by atomic mass is 16.5. The van der Waals surface area contributed by atoms with Crippen molar-refractivity contribution >= 4 is 0 Å². The molecule has 2 aliphatic rings. The Hall–Kier alpha value is -1.97. The van der Waals surface area contributed by atoms with Crippen molar-refractivity contribution in [1.29, 1.82) is 0 Å². The summed E-state index contributed by atoms with van der Waals surface area (Å²) >= 11 is 0. The summed E-state index contributed by atoms with van der Waals surface area (Å²) in [6.07, 6.45) is 26.7. The second-order valence-electron chi connectivity index (χ2n) is 10.8. The van der Waals surface area contributed by atoms with Crippen molar-refractivity contribution in [2.24, 2.45) is 11.8 Å². The van der Waals surface area contributed by atoms with Crippen LogP contribution in [0.2, 0.25) is 0 Å². The molecule has 2 aliphatic carbocycles. The lowest BCUT2D eigenvalue weighted by Crippen LogP contribution is -2.01. The molecular weight excluding hydrogens is 418 g/mol. The van der Waals surface area contributed by atoms with Crippen molar-refractivity contribution in [1.82, 2.24) is 15.2 Å². The lowest BCUT2D eigenvalue weighted by molar-refractivity contribution is 0.290. The Balaban J connectivity index is 1.04. The number of nitrogens with zero attached hydrogens (tertiary/aromatic N) is 3. The van der Waals surface area contributed by atoms with Gasteiger partial charge in [-0.1, -0.05) is 102 Å². The van der Waals surface area contributed by atoms with Crippen LogP contribution in [0.5, 0.6) is 5.88 Å². The van der Waals surface area contributed by atoms with Gasteiger partial charge in [0.1, 0.15) is 5.69 Å². The fourth-order valence-corrected chi connectivity index (χ4v) is 4.78. The van der Waals surface area contributed by atoms with Crippen LogP contribution in [0.4, 0.5) is 0 Å². The predicted molar refractivity (Wildman–Crippen MR) is 140 cm³/mol. The summed E-state index contributed by atoms with van der Waals surface area (Å²) in [4.78, 5) is 4.62. The number of aromatic nitrogens is 3. The summed E-state index contributed by atoms with van der Waals surface area (Å²) in [6.45, 7) is 0.727. The maximum absolute atomic E-state index is 5.77. The fraction of sp³-hybridized carbons (Fsp3) is 0.700. The van der Waals surface area contributed by atoms with Crippen LogP contribution in [0.25, 0.3) is 11.4 Å². The molecule has 4 nitrogen and oxygen atoms in total. The summed E-state index contributed by atoms with van der Waals surface area (Å²) in [5, 5.41) is 8.56. The molecular formula is C30H45N3O. The van der Waals surface area contributed by atoms with E-state index in [1.54, 1.807) is 0 Å². The lowest BCUT2D eigenvalue weighted by atomic mass is 10.0. The number of hydrogen-bond acceptors (Lipinski definition) is 4. The molecule has 0 amide bonds. The van der Waals surface area contributed by atoms with E-state index in [4.69, 9.17) is 4.74 Å². The van der Waals surface area contributed by atoms with Gasteiger partial charge in [0.25, 0.3) is 0 Å². The molecule has 2 aromatic rings. The van der Waals surface area contributed by atoms with Crippen molar-refractivity contribution < 1.29 is 4.74 Å². The molecule has 0 N–H and O–H groups in total. The standard InChI is InChI=1S/C30H45N3O/c1(2-4-8-12-25-15-16-25)3-5-10-14-27-19-20-28(31-24-27)29-21-22-30(33-32-29)34-23-11-7-6-9-13-26-17-18-26/h19-22,24-26H,1-18,23H2. The van der Waals surface area contributed by atoms with Gasteiger partial charge in [-0.3, -0.25) is 4.98 Å². The van der Waals surface area contributed by atoms with Crippen LogP contribution in [-0.2, 0) is 6.42 Å². The van der Waals surface area contributed by atoms with E-state index in [0.717, 1.165) is 42.7 Å². The molecule has 0 bridgehead atoms. The van der Waals surface area contributed by atoms with Gasteiger partial charge in [0.05, 0.1) is 12.3 Å². The SMILES string of the molecule is c1cc(-c2ccc(OCCCCCCC3CC3)nn2)ncc1CCCCCCCCCC1CC1. The number of aryl methyl sites for hydroxylation is 1. The average molecular weight is 464 g/mol. The molecule has 0 saturated heterocycles. The number of unbranched alkanes of at least 4 members (excludes halogenated alkanes) is 9. The molecule has 0 atom stereocenters. The first-order chi connectivity index (χ1) is 16.9. The molecule has 2 aromatic heterocycles. The van der Waals surface area contributed by atoms with E-state index in [1.165, 1.54) is 108 Å². The molecule has 34 heavy (non-hydrogen) atoms. The third-order valence-corrected chi connectivity index (χ3v) is 7.46. The van der Waals surface area contributed by atoms with Crippen LogP contribution in [0.15, 0.2) is 30.5 Å². The number of ether oxygens (including phenoxy) is 1. The minimum atomic E-state index is 0.612. The minimum Gasteiger partial charge on any atom is -0.477 e. The summed E-state index contributed by atoms with van der Waals surface area (Å²) in [7, 11) is 0. The number of pyridine rings is 1. The summed E-state index contributed by atoms with van der Waals surface area (Å²) in [5.74, 6) is 2.77.